The van der Waals surface area contributed by atoms with Crippen molar-refractivity contribution >= 4 is 11.6 Å². The predicted octanol–water partition coefficient (Wildman–Crippen LogP) is 4.38. The fourth-order valence-electron chi connectivity index (χ4n) is 3.98. The van der Waals surface area contributed by atoms with E-state index in [1.165, 1.54) is 0 Å². The Morgan fingerprint density at radius 2 is 1.84 bits per heavy atom. The maximum Gasteiger partial charge on any atom is 0.259 e. The highest BCUT2D eigenvalue weighted by Crippen LogP contribution is 2.29. The summed E-state index contributed by atoms with van der Waals surface area (Å²) < 4.78 is 16.1. The van der Waals surface area contributed by atoms with Crippen LogP contribution < -0.4 is 14.8 Å². The van der Waals surface area contributed by atoms with E-state index in [2.05, 4.69) is 10.5 Å². The van der Waals surface area contributed by atoms with Crippen molar-refractivity contribution in [3.63, 3.8) is 0 Å². The van der Waals surface area contributed by atoms with Gasteiger partial charge in [-0.2, -0.15) is 0 Å². The number of benzene rings is 2. The van der Waals surface area contributed by atoms with Crippen LogP contribution in [-0.2, 0) is 0 Å². The molecule has 0 unspecified atom stereocenters. The maximum atomic E-state index is 13.4. The molecule has 7 nitrogen and oxygen atoms in total. The minimum Gasteiger partial charge on any atom is -0.497 e. The Morgan fingerprint density at radius 1 is 1.13 bits per heavy atom. The van der Waals surface area contributed by atoms with Crippen LogP contribution in [0.2, 0.25) is 0 Å². The molecule has 1 amide bonds. The van der Waals surface area contributed by atoms with Crippen LogP contribution in [0.25, 0.3) is 11.3 Å². The summed E-state index contributed by atoms with van der Waals surface area (Å²) in [5.74, 6) is 1.93. The lowest BCUT2D eigenvalue weighted by molar-refractivity contribution is 0.0713. The normalized spacial score (nSPS) is 16.1. The number of hydrogen-bond acceptors (Lipinski definition) is 6. The molecular formula is C24H27N3O4. The van der Waals surface area contributed by atoms with Crippen LogP contribution in [0.4, 0.5) is 5.69 Å². The van der Waals surface area contributed by atoms with Gasteiger partial charge >= 0.3 is 0 Å². The number of nitrogens with one attached hydrogen (secondary N) is 1. The lowest BCUT2D eigenvalue weighted by Gasteiger charge is -2.34. The molecule has 1 aliphatic rings. The number of nitrogens with zero attached hydrogens (tertiary/aromatic N) is 2. The Kier molecular flexibility index (Phi) is 6.11. The van der Waals surface area contributed by atoms with Crippen molar-refractivity contribution in [2.24, 2.45) is 0 Å². The third kappa shape index (κ3) is 4.50. The van der Waals surface area contributed by atoms with Crippen LogP contribution >= 0.6 is 0 Å². The summed E-state index contributed by atoms with van der Waals surface area (Å²) >= 11 is 0. The van der Waals surface area contributed by atoms with E-state index in [9.17, 15) is 4.79 Å². The number of likely N-dealkylation sites (tertiary alicyclic amines) is 1. The first-order valence-electron chi connectivity index (χ1n) is 10.4. The zero-order valence-electron chi connectivity index (χ0n) is 18.1. The van der Waals surface area contributed by atoms with Crippen LogP contribution in [-0.4, -0.2) is 49.3 Å². The SMILES string of the molecule is COc1cc(N[C@@H]2CCCN(C(=O)c3c(-c4ccccc4)noc3C)C2)cc(OC)c1. The average molecular weight is 421 g/mol. The molecule has 0 spiro atoms. The van der Waals surface area contributed by atoms with Crippen LogP contribution in [0.3, 0.4) is 0 Å². The number of aromatic nitrogens is 1. The van der Waals surface area contributed by atoms with Gasteiger partial charge in [0.1, 0.15) is 28.5 Å². The van der Waals surface area contributed by atoms with Gasteiger partial charge in [0.15, 0.2) is 0 Å². The molecular weight excluding hydrogens is 394 g/mol. The van der Waals surface area contributed by atoms with Gasteiger partial charge in [0.25, 0.3) is 5.91 Å². The highest BCUT2D eigenvalue weighted by atomic mass is 16.5. The van der Waals surface area contributed by atoms with Crippen LogP contribution in [0, 0.1) is 6.92 Å². The molecule has 1 atom stereocenters. The van der Waals surface area contributed by atoms with E-state index in [0.717, 1.165) is 35.6 Å². The van der Waals surface area contributed by atoms with E-state index in [-0.39, 0.29) is 11.9 Å². The largest absolute Gasteiger partial charge is 0.497 e. The van der Waals surface area contributed by atoms with Gasteiger partial charge in [0.05, 0.1) is 14.2 Å². The van der Waals surface area contributed by atoms with Crippen LogP contribution in [0.1, 0.15) is 29.0 Å². The summed E-state index contributed by atoms with van der Waals surface area (Å²) in [4.78, 5) is 15.3. The number of ether oxygens (including phenoxy) is 2. The molecule has 0 aliphatic carbocycles. The average Bonchev–Trinajstić information content (AvgIpc) is 3.20. The van der Waals surface area contributed by atoms with Gasteiger partial charge in [-0.3, -0.25) is 4.79 Å². The maximum absolute atomic E-state index is 13.4. The number of methoxy groups -OCH3 is 2. The monoisotopic (exact) mass is 421 g/mol. The summed E-state index contributed by atoms with van der Waals surface area (Å²) in [7, 11) is 3.26. The van der Waals surface area contributed by atoms with Crippen molar-refractivity contribution in [1.82, 2.24) is 10.1 Å². The number of anilines is 1. The number of carbonyl (C=O) groups excluding carboxylic acids is 1. The summed E-state index contributed by atoms with van der Waals surface area (Å²) in [5, 5.41) is 7.69. The second-order valence-corrected chi connectivity index (χ2v) is 7.66. The number of piperidine rings is 1. The topological polar surface area (TPSA) is 76.8 Å². The van der Waals surface area contributed by atoms with E-state index in [1.54, 1.807) is 21.1 Å². The Labute approximate surface area is 181 Å². The van der Waals surface area contributed by atoms with Gasteiger partial charge in [-0.1, -0.05) is 35.5 Å². The summed E-state index contributed by atoms with van der Waals surface area (Å²) in [6, 6.07) is 15.5. The molecule has 3 aromatic rings. The molecule has 31 heavy (non-hydrogen) atoms. The Balaban J connectivity index is 1.52. The summed E-state index contributed by atoms with van der Waals surface area (Å²) in [6.45, 7) is 3.09. The van der Waals surface area contributed by atoms with E-state index in [4.69, 9.17) is 14.0 Å². The smallest absolute Gasteiger partial charge is 0.259 e. The van der Waals surface area contributed by atoms with Crippen molar-refractivity contribution in [1.29, 1.82) is 0 Å². The zero-order valence-corrected chi connectivity index (χ0v) is 18.1. The fraction of sp³-hybridized carbons (Fsp3) is 0.333. The Hall–Kier alpha value is -3.48. The molecule has 7 heteroatoms. The van der Waals surface area contributed by atoms with Gasteiger partial charge in [-0.15, -0.1) is 0 Å². The molecule has 1 aliphatic heterocycles. The Bertz CT molecular complexity index is 1030. The molecule has 0 radical (unpaired) electrons. The van der Waals surface area contributed by atoms with Gasteiger partial charge in [-0.05, 0) is 19.8 Å². The van der Waals surface area contributed by atoms with Gasteiger partial charge in [-0.25, -0.2) is 0 Å². The lowest BCUT2D eigenvalue weighted by Crippen LogP contribution is -2.45. The summed E-state index contributed by atoms with van der Waals surface area (Å²) in [5.41, 5.74) is 2.91. The fourth-order valence-corrected chi connectivity index (χ4v) is 3.98. The standard InChI is InChI=1S/C24H27N3O4/c1-16-22(23(26-31-16)17-8-5-4-6-9-17)24(28)27-11-7-10-18(15-27)25-19-12-20(29-2)14-21(13-19)30-3/h4-6,8-9,12-14,18,25H,7,10-11,15H2,1-3H3/t18-/m1/s1. The Morgan fingerprint density at radius 3 is 2.52 bits per heavy atom. The molecule has 162 valence electrons. The predicted molar refractivity (Wildman–Crippen MR) is 119 cm³/mol. The van der Waals surface area contributed by atoms with Crippen LogP contribution in [0.5, 0.6) is 11.5 Å². The van der Waals surface area contributed by atoms with Crippen molar-refractivity contribution in [3.8, 4) is 22.8 Å². The number of amides is 1. The molecule has 2 heterocycles. The minimum atomic E-state index is -0.0488. The summed E-state index contributed by atoms with van der Waals surface area (Å²) in [6.07, 6.45) is 1.88. The highest BCUT2D eigenvalue weighted by Gasteiger charge is 2.30. The third-order valence-electron chi connectivity index (χ3n) is 5.55. The molecule has 2 aromatic carbocycles. The number of aryl methyl sites for hydroxylation is 1. The van der Waals surface area contributed by atoms with Gasteiger partial charge in [0, 0.05) is 48.6 Å². The molecule has 1 aromatic heterocycles. The third-order valence-corrected chi connectivity index (χ3v) is 5.55. The van der Waals surface area contributed by atoms with Crippen molar-refractivity contribution in [2.75, 3.05) is 32.6 Å². The van der Waals surface area contributed by atoms with E-state index >= 15 is 0 Å². The van der Waals surface area contributed by atoms with Crippen molar-refractivity contribution in [2.45, 2.75) is 25.8 Å². The van der Waals surface area contributed by atoms with E-state index in [1.807, 2.05) is 53.4 Å². The number of rotatable bonds is 6. The van der Waals surface area contributed by atoms with Crippen LogP contribution in [0.15, 0.2) is 53.1 Å². The van der Waals surface area contributed by atoms with Crippen molar-refractivity contribution < 1.29 is 18.8 Å². The molecule has 1 N–H and O–H groups in total. The second-order valence-electron chi connectivity index (χ2n) is 7.66. The molecule has 1 saturated heterocycles. The first-order chi connectivity index (χ1) is 15.1. The molecule has 0 saturated carbocycles. The highest BCUT2D eigenvalue weighted by molar-refractivity contribution is 6.00. The molecule has 4 rings (SSSR count). The van der Waals surface area contributed by atoms with Crippen molar-refractivity contribution in [3.05, 3.63) is 59.9 Å². The molecule has 1 fully saturated rings. The lowest BCUT2D eigenvalue weighted by atomic mass is 10.0. The number of hydrogen-bond donors (Lipinski definition) is 1. The molecule has 0 bridgehead atoms. The zero-order chi connectivity index (χ0) is 21.8. The van der Waals surface area contributed by atoms with E-state index < -0.39 is 0 Å². The first-order valence-corrected chi connectivity index (χ1v) is 10.4. The second kappa shape index (κ2) is 9.12. The van der Waals surface area contributed by atoms with Gasteiger partial charge < -0.3 is 24.2 Å². The quantitative estimate of drug-likeness (QED) is 0.636. The minimum absolute atomic E-state index is 0.0488. The van der Waals surface area contributed by atoms with E-state index in [0.29, 0.717) is 30.1 Å². The first kappa shape index (κ1) is 20.8. The van der Waals surface area contributed by atoms with Gasteiger partial charge in [0.2, 0.25) is 0 Å². The number of carbonyl (C=O) groups is 1.